The van der Waals surface area contributed by atoms with E-state index in [9.17, 15) is 4.79 Å². The number of urea groups is 1. The van der Waals surface area contributed by atoms with E-state index >= 15 is 0 Å². The summed E-state index contributed by atoms with van der Waals surface area (Å²) in [6.07, 6.45) is 3.32. The van der Waals surface area contributed by atoms with Gasteiger partial charge in [0, 0.05) is 24.9 Å². The van der Waals surface area contributed by atoms with E-state index in [-0.39, 0.29) is 12.1 Å². The van der Waals surface area contributed by atoms with Crippen molar-refractivity contribution in [2.24, 2.45) is 5.92 Å². The zero-order valence-electron chi connectivity index (χ0n) is 13.4. The van der Waals surface area contributed by atoms with Gasteiger partial charge in [0.2, 0.25) is 0 Å². The maximum atomic E-state index is 11.8. The quantitative estimate of drug-likeness (QED) is 0.811. The van der Waals surface area contributed by atoms with Gasteiger partial charge in [0.25, 0.3) is 0 Å². The van der Waals surface area contributed by atoms with Crippen LogP contribution < -0.4 is 15.4 Å². The summed E-state index contributed by atoms with van der Waals surface area (Å²) >= 11 is 0. The average molecular weight is 306 g/mol. The SMILES string of the molecule is CC(C)CCNC(=O)Nc1cccc(OCC2CCCO2)c1. The number of ether oxygens (including phenoxy) is 2. The van der Waals surface area contributed by atoms with E-state index in [1.807, 2.05) is 24.3 Å². The van der Waals surface area contributed by atoms with Crippen LogP contribution >= 0.6 is 0 Å². The van der Waals surface area contributed by atoms with Crippen LogP contribution in [0.4, 0.5) is 10.5 Å². The van der Waals surface area contributed by atoms with Crippen LogP contribution in [-0.2, 0) is 4.74 Å². The molecule has 1 unspecified atom stereocenters. The smallest absolute Gasteiger partial charge is 0.319 e. The normalized spacial score (nSPS) is 17.5. The Bertz CT molecular complexity index is 471. The van der Waals surface area contributed by atoms with Gasteiger partial charge in [-0.25, -0.2) is 4.79 Å². The fraction of sp³-hybridized carbons (Fsp3) is 0.588. The Balaban J connectivity index is 1.76. The molecule has 0 aliphatic carbocycles. The summed E-state index contributed by atoms with van der Waals surface area (Å²) in [6.45, 7) is 6.33. The molecule has 0 spiro atoms. The van der Waals surface area contributed by atoms with Gasteiger partial charge in [0.1, 0.15) is 12.4 Å². The molecular weight excluding hydrogens is 280 g/mol. The first-order chi connectivity index (χ1) is 10.6. The van der Waals surface area contributed by atoms with Gasteiger partial charge in [-0.1, -0.05) is 19.9 Å². The summed E-state index contributed by atoms with van der Waals surface area (Å²) in [5.74, 6) is 1.32. The monoisotopic (exact) mass is 306 g/mol. The molecule has 0 saturated carbocycles. The maximum Gasteiger partial charge on any atom is 0.319 e. The van der Waals surface area contributed by atoms with E-state index in [4.69, 9.17) is 9.47 Å². The van der Waals surface area contributed by atoms with Gasteiger partial charge in [-0.15, -0.1) is 0 Å². The van der Waals surface area contributed by atoms with Gasteiger partial charge < -0.3 is 20.1 Å². The third-order valence-electron chi connectivity index (χ3n) is 3.56. The molecule has 1 saturated heterocycles. The van der Waals surface area contributed by atoms with Crippen molar-refractivity contribution < 1.29 is 14.3 Å². The predicted molar refractivity (Wildman–Crippen MR) is 87.4 cm³/mol. The highest BCUT2D eigenvalue weighted by atomic mass is 16.5. The van der Waals surface area contributed by atoms with Crippen LogP contribution in [0.3, 0.4) is 0 Å². The van der Waals surface area contributed by atoms with E-state index in [0.29, 0.717) is 19.1 Å². The van der Waals surface area contributed by atoms with Crippen molar-refractivity contribution in [3.63, 3.8) is 0 Å². The van der Waals surface area contributed by atoms with Gasteiger partial charge in [-0.2, -0.15) is 0 Å². The molecule has 1 heterocycles. The Morgan fingerprint density at radius 1 is 1.45 bits per heavy atom. The van der Waals surface area contributed by atoms with Crippen LogP contribution in [0.5, 0.6) is 5.75 Å². The Morgan fingerprint density at radius 3 is 3.05 bits per heavy atom. The first kappa shape index (κ1) is 16.6. The number of nitrogens with one attached hydrogen (secondary N) is 2. The fourth-order valence-electron chi connectivity index (χ4n) is 2.28. The van der Waals surface area contributed by atoms with Crippen LogP contribution in [0.15, 0.2) is 24.3 Å². The molecule has 2 amide bonds. The van der Waals surface area contributed by atoms with Crippen LogP contribution in [0.1, 0.15) is 33.1 Å². The summed E-state index contributed by atoms with van der Waals surface area (Å²) in [5.41, 5.74) is 0.729. The number of hydrogen-bond donors (Lipinski definition) is 2. The lowest BCUT2D eigenvalue weighted by Crippen LogP contribution is -2.30. The molecule has 5 nitrogen and oxygen atoms in total. The van der Waals surface area contributed by atoms with Crippen molar-refractivity contribution in [3.8, 4) is 5.75 Å². The summed E-state index contributed by atoms with van der Waals surface area (Å²) in [6, 6.07) is 7.25. The molecule has 1 aliphatic rings. The molecule has 1 aromatic rings. The van der Waals surface area contributed by atoms with Gasteiger partial charge in [0.05, 0.1) is 6.10 Å². The Kier molecular flexibility index (Phi) is 6.52. The van der Waals surface area contributed by atoms with Crippen LogP contribution in [0.25, 0.3) is 0 Å². The minimum Gasteiger partial charge on any atom is -0.491 e. The molecule has 122 valence electrons. The largest absolute Gasteiger partial charge is 0.491 e. The third-order valence-corrected chi connectivity index (χ3v) is 3.56. The lowest BCUT2D eigenvalue weighted by molar-refractivity contribution is 0.0680. The zero-order valence-corrected chi connectivity index (χ0v) is 13.4. The van der Waals surface area contributed by atoms with Gasteiger partial charge in [0.15, 0.2) is 0 Å². The molecule has 5 heteroatoms. The minimum absolute atomic E-state index is 0.183. The summed E-state index contributed by atoms with van der Waals surface area (Å²) in [5, 5.41) is 5.67. The molecule has 0 aromatic heterocycles. The maximum absolute atomic E-state index is 11.8. The van der Waals surface area contributed by atoms with E-state index in [1.54, 1.807) is 0 Å². The first-order valence-corrected chi connectivity index (χ1v) is 8.03. The second kappa shape index (κ2) is 8.63. The van der Waals surface area contributed by atoms with E-state index in [2.05, 4.69) is 24.5 Å². The summed E-state index contributed by atoms with van der Waals surface area (Å²) in [4.78, 5) is 11.8. The van der Waals surface area contributed by atoms with Crippen molar-refractivity contribution in [1.29, 1.82) is 0 Å². The van der Waals surface area contributed by atoms with E-state index in [1.165, 1.54) is 0 Å². The highest BCUT2D eigenvalue weighted by molar-refractivity contribution is 5.89. The van der Waals surface area contributed by atoms with Crippen molar-refractivity contribution in [2.45, 2.75) is 39.2 Å². The zero-order chi connectivity index (χ0) is 15.8. The lowest BCUT2D eigenvalue weighted by Gasteiger charge is -2.13. The molecule has 1 aromatic carbocycles. The highest BCUT2D eigenvalue weighted by Crippen LogP contribution is 2.19. The van der Waals surface area contributed by atoms with Crippen molar-refractivity contribution in [1.82, 2.24) is 5.32 Å². The van der Waals surface area contributed by atoms with Crippen molar-refractivity contribution in [3.05, 3.63) is 24.3 Å². The summed E-state index contributed by atoms with van der Waals surface area (Å²) < 4.78 is 11.3. The minimum atomic E-state index is -0.183. The second-order valence-corrected chi connectivity index (χ2v) is 6.04. The fourth-order valence-corrected chi connectivity index (χ4v) is 2.28. The number of amides is 2. The van der Waals surface area contributed by atoms with Crippen LogP contribution in [0.2, 0.25) is 0 Å². The average Bonchev–Trinajstić information content (AvgIpc) is 2.98. The molecule has 0 bridgehead atoms. The Hall–Kier alpha value is -1.75. The highest BCUT2D eigenvalue weighted by Gasteiger charge is 2.16. The van der Waals surface area contributed by atoms with E-state index < -0.39 is 0 Å². The topological polar surface area (TPSA) is 59.6 Å². The molecule has 2 rings (SSSR count). The number of carbonyl (C=O) groups excluding carboxylic acids is 1. The third kappa shape index (κ3) is 5.93. The number of benzene rings is 1. The lowest BCUT2D eigenvalue weighted by atomic mass is 10.1. The molecular formula is C17H26N2O3. The number of anilines is 1. The number of carbonyl (C=O) groups is 1. The van der Waals surface area contributed by atoms with Gasteiger partial charge in [-0.05, 0) is 37.3 Å². The summed E-state index contributed by atoms with van der Waals surface area (Å²) in [7, 11) is 0. The van der Waals surface area contributed by atoms with Crippen LogP contribution in [-0.4, -0.2) is 31.9 Å². The molecule has 2 N–H and O–H groups in total. The molecule has 1 atom stereocenters. The molecule has 0 radical (unpaired) electrons. The second-order valence-electron chi connectivity index (χ2n) is 6.04. The van der Waals surface area contributed by atoms with Crippen molar-refractivity contribution in [2.75, 3.05) is 25.1 Å². The van der Waals surface area contributed by atoms with E-state index in [0.717, 1.165) is 37.3 Å². The predicted octanol–water partition coefficient (Wildman–Crippen LogP) is 3.41. The Labute approximate surface area is 132 Å². The van der Waals surface area contributed by atoms with Gasteiger partial charge in [-0.3, -0.25) is 0 Å². The standard InChI is InChI=1S/C17H26N2O3/c1-13(2)8-9-18-17(20)19-14-5-3-6-15(11-14)22-12-16-7-4-10-21-16/h3,5-6,11,13,16H,4,7-10,12H2,1-2H3,(H2,18,19,20). The van der Waals surface area contributed by atoms with Crippen LogP contribution in [0, 0.1) is 5.92 Å². The number of rotatable bonds is 7. The molecule has 1 fully saturated rings. The van der Waals surface area contributed by atoms with Crippen molar-refractivity contribution >= 4 is 11.7 Å². The molecule has 1 aliphatic heterocycles. The molecule has 22 heavy (non-hydrogen) atoms. The first-order valence-electron chi connectivity index (χ1n) is 8.03. The Morgan fingerprint density at radius 2 is 2.32 bits per heavy atom. The number of hydrogen-bond acceptors (Lipinski definition) is 3. The van der Waals surface area contributed by atoms with Gasteiger partial charge >= 0.3 is 6.03 Å².